The van der Waals surface area contributed by atoms with Crippen molar-refractivity contribution < 1.29 is 8.42 Å². The summed E-state index contributed by atoms with van der Waals surface area (Å²) in [6.07, 6.45) is 0. The molecule has 0 fully saturated rings. The first-order valence-corrected chi connectivity index (χ1v) is 13.6. The molecule has 0 amide bonds. The highest BCUT2D eigenvalue weighted by Gasteiger charge is 2.20. The summed E-state index contributed by atoms with van der Waals surface area (Å²) in [5.41, 5.74) is 4.22. The first kappa shape index (κ1) is 23.3. The van der Waals surface area contributed by atoms with E-state index in [-0.39, 0.29) is 10.7 Å². The molecule has 0 saturated carbocycles. The van der Waals surface area contributed by atoms with E-state index in [0.717, 1.165) is 34.0 Å². The van der Waals surface area contributed by atoms with Gasteiger partial charge in [0.1, 0.15) is 0 Å². The van der Waals surface area contributed by atoms with E-state index in [4.69, 9.17) is 16.6 Å². The standard InChI is InChI=1S/C28H22ClN5O2S/c1-2-34-24-12-6-3-8-20(24)26-23(11-7-13-25(26)34)32-27-28(31-22-10-5-4-9-21(22)30-27)33-37(35,36)19-16-14-18(29)15-17-19/h3-17H,2H2,1H3,(H,30,32)(H,31,33). The van der Waals surface area contributed by atoms with Crippen LogP contribution in [0.3, 0.4) is 0 Å². The molecule has 0 aliphatic heterocycles. The second-order valence-corrected chi connectivity index (χ2v) is 10.7. The Morgan fingerprint density at radius 1 is 0.784 bits per heavy atom. The molecule has 9 heteroatoms. The summed E-state index contributed by atoms with van der Waals surface area (Å²) < 4.78 is 31.3. The number of sulfonamides is 1. The molecule has 2 aromatic heterocycles. The van der Waals surface area contributed by atoms with Gasteiger partial charge in [-0.2, -0.15) is 0 Å². The van der Waals surface area contributed by atoms with Crippen molar-refractivity contribution >= 4 is 71.8 Å². The fourth-order valence-electron chi connectivity index (χ4n) is 4.63. The van der Waals surface area contributed by atoms with Crippen LogP contribution in [0.15, 0.2) is 95.9 Å². The Hall–Kier alpha value is -4.14. The number of aromatic nitrogens is 3. The third-order valence-electron chi connectivity index (χ3n) is 6.29. The van der Waals surface area contributed by atoms with Crippen molar-refractivity contribution in [1.29, 1.82) is 0 Å². The second kappa shape index (κ2) is 9.06. The van der Waals surface area contributed by atoms with Crippen LogP contribution >= 0.6 is 11.6 Å². The topological polar surface area (TPSA) is 88.9 Å². The van der Waals surface area contributed by atoms with E-state index in [0.29, 0.717) is 21.9 Å². The van der Waals surface area contributed by atoms with Gasteiger partial charge in [0.2, 0.25) is 0 Å². The number of para-hydroxylation sites is 3. The molecule has 0 spiro atoms. The zero-order valence-corrected chi connectivity index (χ0v) is 21.4. The molecule has 37 heavy (non-hydrogen) atoms. The van der Waals surface area contributed by atoms with Gasteiger partial charge < -0.3 is 9.88 Å². The van der Waals surface area contributed by atoms with Gasteiger partial charge in [-0.3, -0.25) is 4.72 Å². The van der Waals surface area contributed by atoms with Crippen LogP contribution in [-0.4, -0.2) is 23.0 Å². The summed E-state index contributed by atoms with van der Waals surface area (Å²) in [5.74, 6) is 0.405. The zero-order valence-electron chi connectivity index (χ0n) is 19.8. The average Bonchev–Trinajstić information content (AvgIpc) is 3.23. The molecule has 6 rings (SSSR count). The number of halogens is 1. The lowest BCUT2D eigenvalue weighted by atomic mass is 10.1. The summed E-state index contributed by atoms with van der Waals surface area (Å²) >= 11 is 5.95. The van der Waals surface area contributed by atoms with Gasteiger partial charge in [-0.15, -0.1) is 0 Å². The SMILES string of the molecule is CCn1c2ccccc2c2c(Nc3nc4ccccc4nc3NS(=O)(=O)c3ccc(Cl)cc3)cccc21. The zero-order chi connectivity index (χ0) is 25.6. The van der Waals surface area contributed by atoms with Crippen LogP contribution < -0.4 is 10.0 Å². The highest BCUT2D eigenvalue weighted by atomic mass is 35.5. The molecule has 0 aliphatic carbocycles. The van der Waals surface area contributed by atoms with Crippen molar-refractivity contribution in [2.45, 2.75) is 18.4 Å². The molecule has 4 aromatic carbocycles. The molecule has 0 saturated heterocycles. The summed E-state index contributed by atoms with van der Waals surface area (Å²) in [7, 11) is -3.95. The number of hydrogen-bond acceptors (Lipinski definition) is 5. The van der Waals surface area contributed by atoms with E-state index >= 15 is 0 Å². The summed E-state index contributed by atoms with van der Waals surface area (Å²) in [5, 5.41) is 5.96. The van der Waals surface area contributed by atoms with Gasteiger partial charge in [0.15, 0.2) is 11.6 Å². The monoisotopic (exact) mass is 527 g/mol. The largest absolute Gasteiger partial charge is 0.341 e. The van der Waals surface area contributed by atoms with Crippen molar-refractivity contribution in [3.63, 3.8) is 0 Å². The van der Waals surface area contributed by atoms with E-state index in [1.54, 1.807) is 6.07 Å². The highest BCUT2D eigenvalue weighted by molar-refractivity contribution is 7.92. The molecule has 0 aliphatic rings. The van der Waals surface area contributed by atoms with E-state index in [1.165, 1.54) is 24.3 Å². The number of fused-ring (bicyclic) bond motifs is 4. The fraction of sp³-hybridized carbons (Fsp3) is 0.0714. The molecule has 6 aromatic rings. The van der Waals surface area contributed by atoms with Gasteiger partial charge >= 0.3 is 0 Å². The molecule has 0 atom stereocenters. The van der Waals surface area contributed by atoms with E-state index < -0.39 is 10.0 Å². The van der Waals surface area contributed by atoms with Crippen LogP contribution in [0.1, 0.15) is 6.92 Å². The minimum atomic E-state index is -3.95. The van der Waals surface area contributed by atoms with Crippen LogP contribution in [0.25, 0.3) is 32.8 Å². The van der Waals surface area contributed by atoms with Crippen LogP contribution in [0.4, 0.5) is 17.3 Å². The maximum absolute atomic E-state index is 13.2. The number of aryl methyl sites for hydroxylation is 1. The van der Waals surface area contributed by atoms with Crippen molar-refractivity contribution in [1.82, 2.24) is 14.5 Å². The lowest BCUT2D eigenvalue weighted by Gasteiger charge is -2.15. The van der Waals surface area contributed by atoms with Crippen molar-refractivity contribution in [2.75, 3.05) is 10.0 Å². The third-order valence-corrected chi connectivity index (χ3v) is 7.90. The Balaban J connectivity index is 1.51. The number of nitrogens with zero attached hydrogens (tertiary/aromatic N) is 3. The number of anilines is 3. The summed E-state index contributed by atoms with van der Waals surface area (Å²) in [6, 6.07) is 27.6. The minimum Gasteiger partial charge on any atom is -0.341 e. The van der Waals surface area contributed by atoms with Crippen molar-refractivity contribution in [3.05, 3.63) is 96.0 Å². The Bertz CT molecular complexity index is 1900. The van der Waals surface area contributed by atoms with Gasteiger partial charge in [0.05, 0.1) is 21.4 Å². The van der Waals surface area contributed by atoms with E-state index in [1.807, 2.05) is 42.5 Å². The Morgan fingerprint density at radius 2 is 1.43 bits per heavy atom. The Kier molecular flexibility index (Phi) is 5.70. The van der Waals surface area contributed by atoms with Crippen LogP contribution in [-0.2, 0) is 16.6 Å². The Morgan fingerprint density at radius 3 is 2.16 bits per heavy atom. The van der Waals surface area contributed by atoms with Crippen LogP contribution in [0.2, 0.25) is 5.02 Å². The lowest BCUT2D eigenvalue weighted by molar-refractivity contribution is 0.601. The predicted octanol–water partition coefficient (Wildman–Crippen LogP) is 6.96. The van der Waals surface area contributed by atoms with Crippen molar-refractivity contribution in [3.8, 4) is 0 Å². The number of nitrogens with one attached hydrogen (secondary N) is 2. The van der Waals surface area contributed by atoms with Gasteiger partial charge in [-0.1, -0.05) is 48.0 Å². The van der Waals surface area contributed by atoms with Crippen molar-refractivity contribution in [2.24, 2.45) is 0 Å². The third kappa shape index (κ3) is 4.14. The summed E-state index contributed by atoms with van der Waals surface area (Å²) in [4.78, 5) is 9.44. The molecule has 0 unspecified atom stereocenters. The quantitative estimate of drug-likeness (QED) is 0.244. The molecule has 2 heterocycles. The Labute approximate surface area is 218 Å². The van der Waals surface area contributed by atoms with E-state index in [9.17, 15) is 8.42 Å². The fourth-order valence-corrected chi connectivity index (χ4v) is 5.76. The number of benzene rings is 4. The lowest BCUT2D eigenvalue weighted by Crippen LogP contribution is -2.16. The highest BCUT2D eigenvalue weighted by Crippen LogP contribution is 2.37. The average molecular weight is 528 g/mol. The van der Waals surface area contributed by atoms with Gasteiger partial charge in [-0.05, 0) is 61.5 Å². The predicted molar refractivity (Wildman–Crippen MR) is 150 cm³/mol. The van der Waals surface area contributed by atoms with Crippen LogP contribution in [0, 0.1) is 0 Å². The first-order chi connectivity index (χ1) is 17.9. The number of hydrogen-bond donors (Lipinski definition) is 2. The number of rotatable bonds is 6. The normalized spacial score (nSPS) is 11.8. The maximum atomic E-state index is 13.2. The van der Waals surface area contributed by atoms with Gasteiger partial charge in [-0.25, -0.2) is 18.4 Å². The first-order valence-electron chi connectivity index (χ1n) is 11.8. The molecular weight excluding hydrogens is 506 g/mol. The van der Waals surface area contributed by atoms with Crippen LogP contribution in [0.5, 0.6) is 0 Å². The smallest absolute Gasteiger partial charge is 0.263 e. The molecule has 184 valence electrons. The molecule has 7 nitrogen and oxygen atoms in total. The second-order valence-electron chi connectivity index (χ2n) is 8.56. The van der Waals surface area contributed by atoms with Gasteiger partial charge in [0, 0.05) is 33.5 Å². The molecule has 0 bridgehead atoms. The molecule has 0 radical (unpaired) electrons. The van der Waals surface area contributed by atoms with Gasteiger partial charge in [0.25, 0.3) is 10.0 Å². The summed E-state index contributed by atoms with van der Waals surface area (Å²) in [6.45, 7) is 2.93. The molecule has 2 N–H and O–H groups in total. The maximum Gasteiger partial charge on any atom is 0.263 e. The minimum absolute atomic E-state index is 0.0749. The molecular formula is C28H22ClN5O2S. The van der Waals surface area contributed by atoms with E-state index in [2.05, 4.69) is 44.7 Å².